The van der Waals surface area contributed by atoms with E-state index < -0.39 is 11.9 Å². The lowest BCUT2D eigenvalue weighted by molar-refractivity contribution is -0.134. The number of carbonyl (C=O) groups excluding carboxylic acids is 3. The van der Waals surface area contributed by atoms with E-state index in [1.807, 2.05) is 60.1 Å². The second-order valence-electron chi connectivity index (χ2n) is 8.42. The molecule has 7 nitrogen and oxygen atoms in total. The molecule has 0 spiro atoms. The van der Waals surface area contributed by atoms with Crippen molar-refractivity contribution in [3.05, 3.63) is 72.6 Å². The predicted molar refractivity (Wildman–Crippen MR) is 125 cm³/mol. The lowest BCUT2D eigenvalue weighted by Crippen LogP contribution is -2.53. The molecule has 0 saturated carbocycles. The summed E-state index contributed by atoms with van der Waals surface area (Å²) in [7, 11) is 1.97. The van der Waals surface area contributed by atoms with Crippen molar-refractivity contribution in [2.75, 3.05) is 4.90 Å². The van der Waals surface area contributed by atoms with Crippen LogP contribution in [0.4, 0.5) is 5.69 Å². The molecule has 4 aromatic rings. The monoisotopic (exact) mass is 436 g/mol. The van der Waals surface area contributed by atoms with Gasteiger partial charge in [0.2, 0.25) is 11.8 Å². The Labute approximate surface area is 189 Å². The highest BCUT2D eigenvalue weighted by Gasteiger charge is 2.41. The number of aromatic nitrogens is 2. The van der Waals surface area contributed by atoms with Crippen LogP contribution in [-0.2, 0) is 16.6 Å². The Hall–Kier alpha value is -4.26. The molecule has 1 aromatic heterocycles. The van der Waals surface area contributed by atoms with Gasteiger partial charge in [-0.25, -0.2) is 4.98 Å². The van der Waals surface area contributed by atoms with Gasteiger partial charge in [0.15, 0.2) is 0 Å². The van der Waals surface area contributed by atoms with Gasteiger partial charge >= 0.3 is 0 Å². The van der Waals surface area contributed by atoms with Crippen molar-refractivity contribution in [2.24, 2.45) is 7.05 Å². The number of nitrogens with one attached hydrogen (secondary N) is 1. The van der Waals surface area contributed by atoms with Crippen molar-refractivity contribution in [3.63, 3.8) is 0 Å². The van der Waals surface area contributed by atoms with Crippen molar-refractivity contribution in [3.8, 4) is 22.5 Å². The molecule has 33 heavy (non-hydrogen) atoms. The van der Waals surface area contributed by atoms with Crippen LogP contribution in [-0.4, -0.2) is 33.3 Å². The zero-order chi connectivity index (χ0) is 22.7. The maximum atomic E-state index is 13.4. The maximum absolute atomic E-state index is 13.4. The topological polar surface area (TPSA) is 84.3 Å². The van der Waals surface area contributed by atoms with Crippen molar-refractivity contribution in [1.29, 1.82) is 0 Å². The Morgan fingerprint density at radius 3 is 2.52 bits per heavy atom. The van der Waals surface area contributed by atoms with E-state index in [2.05, 4.69) is 17.4 Å². The molecule has 6 rings (SSSR count). The quantitative estimate of drug-likeness (QED) is 0.497. The van der Waals surface area contributed by atoms with E-state index >= 15 is 0 Å². The largest absolute Gasteiger partial charge is 0.333 e. The molecule has 2 aliphatic heterocycles. The number of aryl methyl sites for hydroxylation is 1. The molecule has 1 fully saturated rings. The molecular formula is C26H20N4O3. The minimum Gasteiger partial charge on any atom is -0.333 e. The number of nitrogens with zero attached hydrogens (tertiary/aromatic N) is 3. The van der Waals surface area contributed by atoms with Crippen LogP contribution >= 0.6 is 0 Å². The number of anilines is 1. The SMILES string of the molecule is Cn1cnc(-c2ccc3c4c(cccc24)N(C2CCC(=O)NC2=O)C3=O)c1-c1ccccc1. The Bertz CT molecular complexity index is 1470. The number of imidazole rings is 1. The fourth-order valence-electron chi connectivity index (χ4n) is 5.01. The first kappa shape index (κ1) is 19.4. The molecule has 3 amide bonds. The fourth-order valence-corrected chi connectivity index (χ4v) is 5.01. The van der Waals surface area contributed by atoms with E-state index in [0.717, 1.165) is 33.3 Å². The molecule has 1 N–H and O–H groups in total. The predicted octanol–water partition coefficient (Wildman–Crippen LogP) is 3.67. The number of hydrogen-bond acceptors (Lipinski definition) is 4. The first-order valence-electron chi connectivity index (χ1n) is 10.8. The van der Waals surface area contributed by atoms with Crippen molar-refractivity contribution in [1.82, 2.24) is 14.9 Å². The number of benzene rings is 3. The summed E-state index contributed by atoms with van der Waals surface area (Å²) in [6.07, 6.45) is 2.32. The standard InChI is InChI=1S/C26H20N4O3/c1-29-14-27-23(24(29)15-6-3-2-4-7-15)17-10-11-18-22-16(17)8-5-9-19(22)30(26(18)33)20-12-13-21(31)28-25(20)32/h2-11,14,20H,12-13H2,1H3,(H,28,31,32). The van der Waals surface area contributed by atoms with Gasteiger partial charge in [0.1, 0.15) is 6.04 Å². The van der Waals surface area contributed by atoms with E-state index in [-0.39, 0.29) is 18.2 Å². The summed E-state index contributed by atoms with van der Waals surface area (Å²) in [5.74, 6) is -0.947. The number of piperidine rings is 1. The van der Waals surface area contributed by atoms with Gasteiger partial charge in [-0.2, -0.15) is 0 Å². The highest BCUT2D eigenvalue weighted by molar-refractivity contribution is 6.28. The summed E-state index contributed by atoms with van der Waals surface area (Å²) < 4.78 is 1.99. The van der Waals surface area contributed by atoms with Crippen LogP contribution in [0.2, 0.25) is 0 Å². The molecule has 0 bridgehead atoms. The number of hydrogen-bond donors (Lipinski definition) is 1. The Balaban J connectivity index is 1.54. The summed E-state index contributed by atoms with van der Waals surface area (Å²) in [5, 5.41) is 4.09. The molecule has 1 atom stereocenters. The Kier molecular flexibility index (Phi) is 4.20. The van der Waals surface area contributed by atoms with Gasteiger partial charge in [-0.3, -0.25) is 24.6 Å². The minimum atomic E-state index is -0.702. The zero-order valence-electron chi connectivity index (χ0n) is 17.9. The van der Waals surface area contributed by atoms with E-state index in [1.54, 1.807) is 11.2 Å². The smallest absolute Gasteiger partial charge is 0.259 e. The normalized spacial score (nSPS) is 17.7. The van der Waals surface area contributed by atoms with Gasteiger partial charge in [0.25, 0.3) is 5.91 Å². The third-order valence-electron chi connectivity index (χ3n) is 6.49. The third-order valence-corrected chi connectivity index (χ3v) is 6.49. The average Bonchev–Trinajstić information content (AvgIpc) is 3.34. The molecule has 3 heterocycles. The Morgan fingerprint density at radius 1 is 0.939 bits per heavy atom. The van der Waals surface area contributed by atoms with E-state index in [4.69, 9.17) is 4.98 Å². The first-order chi connectivity index (χ1) is 16.0. The number of rotatable bonds is 3. The van der Waals surface area contributed by atoms with Gasteiger partial charge in [-0.05, 0) is 23.9 Å². The molecule has 162 valence electrons. The highest BCUT2D eigenvalue weighted by Crippen LogP contribution is 2.44. The number of amides is 3. The lowest BCUT2D eigenvalue weighted by Gasteiger charge is -2.30. The van der Waals surface area contributed by atoms with Crippen LogP contribution in [0.5, 0.6) is 0 Å². The first-order valence-corrected chi connectivity index (χ1v) is 10.8. The van der Waals surface area contributed by atoms with Gasteiger partial charge < -0.3 is 4.57 Å². The number of carbonyl (C=O) groups is 3. The van der Waals surface area contributed by atoms with E-state index in [0.29, 0.717) is 17.7 Å². The maximum Gasteiger partial charge on any atom is 0.259 e. The van der Waals surface area contributed by atoms with Gasteiger partial charge in [-0.15, -0.1) is 0 Å². The molecule has 1 saturated heterocycles. The Morgan fingerprint density at radius 2 is 1.73 bits per heavy atom. The van der Waals surface area contributed by atoms with E-state index in [9.17, 15) is 14.4 Å². The third kappa shape index (κ3) is 2.82. The summed E-state index contributed by atoms with van der Waals surface area (Å²) in [5.41, 5.74) is 5.05. The van der Waals surface area contributed by atoms with Crippen molar-refractivity contribution in [2.45, 2.75) is 18.9 Å². The second-order valence-corrected chi connectivity index (χ2v) is 8.42. The molecule has 0 radical (unpaired) electrons. The van der Waals surface area contributed by atoms with Crippen LogP contribution in [0.1, 0.15) is 23.2 Å². The highest BCUT2D eigenvalue weighted by atomic mass is 16.2. The summed E-state index contributed by atoms with van der Waals surface area (Å²) >= 11 is 0. The zero-order valence-corrected chi connectivity index (χ0v) is 17.9. The molecular weight excluding hydrogens is 416 g/mol. The van der Waals surface area contributed by atoms with Crippen LogP contribution in [0.3, 0.4) is 0 Å². The van der Waals surface area contributed by atoms with Crippen molar-refractivity contribution >= 4 is 34.2 Å². The van der Waals surface area contributed by atoms with Gasteiger partial charge in [0, 0.05) is 35.5 Å². The molecule has 7 heteroatoms. The molecule has 0 aliphatic carbocycles. The molecule has 1 unspecified atom stereocenters. The summed E-state index contributed by atoms with van der Waals surface area (Å²) in [6, 6.07) is 18.9. The minimum absolute atomic E-state index is 0.214. The van der Waals surface area contributed by atoms with Gasteiger partial charge in [0.05, 0.1) is 23.4 Å². The average molecular weight is 436 g/mol. The van der Waals surface area contributed by atoms with Gasteiger partial charge in [-0.1, -0.05) is 48.5 Å². The lowest BCUT2D eigenvalue weighted by atomic mass is 9.96. The molecule has 2 aliphatic rings. The van der Waals surface area contributed by atoms with Crippen LogP contribution < -0.4 is 10.2 Å². The number of imide groups is 1. The molecule has 3 aromatic carbocycles. The van der Waals surface area contributed by atoms with E-state index in [1.165, 1.54) is 0 Å². The second kappa shape index (κ2) is 7.13. The summed E-state index contributed by atoms with van der Waals surface area (Å²) in [4.78, 5) is 43.8. The van der Waals surface area contributed by atoms with Crippen LogP contribution in [0.25, 0.3) is 33.3 Å². The van der Waals surface area contributed by atoms with Crippen LogP contribution in [0, 0.1) is 0 Å². The fraction of sp³-hybridized carbons (Fsp3) is 0.154. The van der Waals surface area contributed by atoms with Crippen molar-refractivity contribution < 1.29 is 14.4 Å². The summed E-state index contributed by atoms with van der Waals surface area (Å²) in [6.45, 7) is 0. The van der Waals surface area contributed by atoms with Crippen LogP contribution in [0.15, 0.2) is 67.0 Å².